The molecule has 130 valence electrons. The Morgan fingerprint density at radius 3 is 2.80 bits per heavy atom. The molecule has 3 heterocycles. The summed E-state index contributed by atoms with van der Waals surface area (Å²) in [6, 6.07) is 9.58. The molecule has 0 saturated carbocycles. The first-order chi connectivity index (χ1) is 12.2. The molecule has 6 nitrogen and oxygen atoms in total. The summed E-state index contributed by atoms with van der Waals surface area (Å²) in [5, 5.41) is 3.34. The van der Waals surface area contributed by atoms with Gasteiger partial charge in [0.05, 0.1) is 19.1 Å². The van der Waals surface area contributed by atoms with E-state index in [4.69, 9.17) is 9.47 Å². The molecule has 0 aliphatic carbocycles. The first kappa shape index (κ1) is 15.9. The Bertz CT molecular complexity index is 770. The number of hydrogen-bond donors (Lipinski definition) is 1. The zero-order chi connectivity index (χ0) is 17.2. The minimum absolute atomic E-state index is 0.110. The van der Waals surface area contributed by atoms with E-state index in [1.807, 2.05) is 24.3 Å². The van der Waals surface area contributed by atoms with Crippen LogP contribution in [0.1, 0.15) is 28.4 Å². The quantitative estimate of drug-likeness (QED) is 0.925. The minimum Gasteiger partial charge on any atom is -0.484 e. The molecule has 1 N–H and O–H groups in total. The molecule has 4 rings (SSSR count). The van der Waals surface area contributed by atoms with E-state index in [-0.39, 0.29) is 11.9 Å². The van der Waals surface area contributed by atoms with E-state index >= 15 is 0 Å². The third kappa shape index (κ3) is 3.17. The van der Waals surface area contributed by atoms with Crippen LogP contribution in [-0.2, 0) is 0 Å². The molecule has 1 saturated heterocycles. The van der Waals surface area contributed by atoms with Crippen molar-refractivity contribution in [2.24, 2.45) is 0 Å². The zero-order valence-corrected chi connectivity index (χ0v) is 14.2. The van der Waals surface area contributed by atoms with Crippen molar-refractivity contribution in [2.45, 2.75) is 12.5 Å². The molecule has 1 unspecified atom stereocenters. The molecule has 2 aliphatic heterocycles. The number of rotatable bonds is 3. The van der Waals surface area contributed by atoms with E-state index in [2.05, 4.69) is 15.2 Å². The van der Waals surface area contributed by atoms with Crippen LogP contribution in [0.3, 0.4) is 0 Å². The van der Waals surface area contributed by atoms with Gasteiger partial charge in [-0.05, 0) is 24.3 Å². The highest BCUT2D eigenvalue weighted by Crippen LogP contribution is 2.37. The van der Waals surface area contributed by atoms with Crippen molar-refractivity contribution >= 4 is 11.5 Å². The van der Waals surface area contributed by atoms with Crippen LogP contribution in [0.4, 0.5) is 5.69 Å². The predicted octanol–water partition coefficient (Wildman–Crippen LogP) is 2.21. The second-order valence-electron chi connectivity index (χ2n) is 6.29. The van der Waals surface area contributed by atoms with Crippen LogP contribution >= 0.6 is 0 Å². The van der Waals surface area contributed by atoms with Gasteiger partial charge >= 0.3 is 0 Å². The average molecular weight is 339 g/mol. The normalized spacial score (nSPS) is 20.0. The summed E-state index contributed by atoms with van der Waals surface area (Å²) >= 11 is 0. The van der Waals surface area contributed by atoms with Gasteiger partial charge in [0.2, 0.25) is 5.88 Å². The van der Waals surface area contributed by atoms with Gasteiger partial charge in [-0.2, -0.15) is 0 Å². The fourth-order valence-corrected chi connectivity index (χ4v) is 3.32. The number of fused-ring (bicyclic) bond motifs is 1. The summed E-state index contributed by atoms with van der Waals surface area (Å²) in [5.74, 6) is 1.31. The third-order valence-corrected chi connectivity index (χ3v) is 4.73. The number of aromatic nitrogens is 1. The molecule has 25 heavy (non-hydrogen) atoms. The second kappa shape index (κ2) is 6.72. The predicted molar refractivity (Wildman–Crippen MR) is 94.6 cm³/mol. The molecule has 0 spiro atoms. The lowest BCUT2D eigenvalue weighted by Gasteiger charge is -2.31. The number of nitrogens with zero attached hydrogens (tertiary/aromatic N) is 2. The minimum atomic E-state index is -0.302. The summed E-state index contributed by atoms with van der Waals surface area (Å²) in [5.41, 5.74) is 2.64. The third-order valence-electron chi connectivity index (χ3n) is 4.73. The monoisotopic (exact) mass is 339 g/mol. The van der Waals surface area contributed by atoms with Gasteiger partial charge in [0.1, 0.15) is 11.9 Å². The van der Waals surface area contributed by atoms with Gasteiger partial charge in [-0.15, -0.1) is 0 Å². The Hall–Kier alpha value is -2.60. The number of pyridine rings is 1. The van der Waals surface area contributed by atoms with Crippen molar-refractivity contribution in [2.75, 3.05) is 38.2 Å². The van der Waals surface area contributed by atoms with Crippen molar-refractivity contribution in [3.05, 3.63) is 47.7 Å². The van der Waals surface area contributed by atoms with E-state index in [1.54, 1.807) is 19.4 Å². The van der Waals surface area contributed by atoms with E-state index in [1.165, 1.54) is 0 Å². The van der Waals surface area contributed by atoms with Crippen molar-refractivity contribution in [1.29, 1.82) is 0 Å². The number of ketones is 1. The highest BCUT2D eigenvalue weighted by molar-refractivity contribution is 6.00. The summed E-state index contributed by atoms with van der Waals surface area (Å²) in [4.78, 5) is 19.2. The van der Waals surface area contributed by atoms with Gasteiger partial charge in [0, 0.05) is 49.7 Å². The van der Waals surface area contributed by atoms with Crippen molar-refractivity contribution in [3.63, 3.8) is 0 Å². The number of anilines is 1. The van der Waals surface area contributed by atoms with Gasteiger partial charge in [-0.1, -0.05) is 0 Å². The first-order valence-corrected chi connectivity index (χ1v) is 8.54. The number of nitrogens with one attached hydrogen (secondary N) is 1. The molecule has 1 aromatic heterocycles. The van der Waals surface area contributed by atoms with Crippen LogP contribution in [0, 0.1) is 0 Å². The highest BCUT2D eigenvalue weighted by Gasteiger charge is 2.28. The van der Waals surface area contributed by atoms with E-state index in [9.17, 15) is 4.79 Å². The van der Waals surface area contributed by atoms with Gasteiger partial charge in [-0.25, -0.2) is 4.98 Å². The molecule has 6 heteroatoms. The first-order valence-electron chi connectivity index (χ1n) is 8.54. The highest BCUT2D eigenvalue weighted by atomic mass is 16.5. The molecular formula is C19H21N3O3. The molecule has 0 bridgehead atoms. The maximum absolute atomic E-state index is 12.7. The number of carbonyl (C=O) groups is 1. The molecule has 0 radical (unpaired) electrons. The lowest BCUT2D eigenvalue weighted by molar-refractivity contribution is 0.0849. The van der Waals surface area contributed by atoms with Crippen LogP contribution in [0.25, 0.3) is 0 Å². The molecule has 1 atom stereocenters. The summed E-state index contributed by atoms with van der Waals surface area (Å²) < 4.78 is 11.1. The van der Waals surface area contributed by atoms with Crippen molar-refractivity contribution in [1.82, 2.24) is 10.3 Å². The molecule has 0 amide bonds. The van der Waals surface area contributed by atoms with Gasteiger partial charge < -0.3 is 19.7 Å². The van der Waals surface area contributed by atoms with Gasteiger partial charge in [0.25, 0.3) is 0 Å². The summed E-state index contributed by atoms with van der Waals surface area (Å²) in [7, 11) is 1.58. The average Bonchev–Trinajstić information content (AvgIpc) is 2.68. The molecule has 1 fully saturated rings. The lowest BCUT2D eigenvalue weighted by Crippen LogP contribution is -2.43. The Balaban J connectivity index is 1.57. The molecule has 1 aromatic carbocycles. The van der Waals surface area contributed by atoms with Crippen molar-refractivity contribution in [3.8, 4) is 11.6 Å². The smallest absolute Gasteiger partial charge is 0.212 e. The molecule has 2 aromatic rings. The maximum atomic E-state index is 12.7. The second-order valence-corrected chi connectivity index (χ2v) is 6.29. The van der Waals surface area contributed by atoms with Crippen LogP contribution in [0.15, 0.2) is 36.5 Å². The number of ether oxygens (including phenoxy) is 2. The zero-order valence-electron chi connectivity index (χ0n) is 14.2. The maximum Gasteiger partial charge on any atom is 0.212 e. The number of carbonyl (C=O) groups excluding carboxylic acids is 1. The topological polar surface area (TPSA) is 63.7 Å². The Morgan fingerprint density at radius 2 is 2.08 bits per heavy atom. The van der Waals surface area contributed by atoms with E-state index in [0.717, 1.165) is 37.4 Å². The SMILES string of the molecule is COc1ccc(C2CC(=O)c3cc(N4CCNCC4)ccc3O2)cn1. The number of piperazine rings is 1. The standard InChI is InChI=1S/C19H21N3O3/c1-24-19-5-2-13(12-21-19)18-11-16(23)15-10-14(3-4-17(15)25-18)22-8-6-20-7-9-22/h2-5,10,12,18,20H,6-9,11H2,1H3. The van der Waals surface area contributed by atoms with Crippen LogP contribution in [0.2, 0.25) is 0 Å². The fraction of sp³-hybridized carbons (Fsp3) is 0.368. The summed E-state index contributed by atoms with van der Waals surface area (Å²) in [6.07, 6.45) is 1.73. The summed E-state index contributed by atoms with van der Waals surface area (Å²) in [6.45, 7) is 3.84. The van der Waals surface area contributed by atoms with E-state index < -0.39 is 0 Å². The van der Waals surface area contributed by atoms with Crippen molar-refractivity contribution < 1.29 is 14.3 Å². The van der Waals surface area contributed by atoms with E-state index in [0.29, 0.717) is 23.6 Å². The Morgan fingerprint density at radius 1 is 1.24 bits per heavy atom. The van der Waals surface area contributed by atoms with Gasteiger partial charge in [0.15, 0.2) is 5.78 Å². The molecule has 2 aliphatic rings. The lowest BCUT2D eigenvalue weighted by atomic mass is 9.96. The number of Topliss-reactive ketones (excluding diaryl/α,β-unsaturated/α-hetero) is 1. The van der Waals surface area contributed by atoms with Crippen LogP contribution in [-0.4, -0.2) is 44.1 Å². The van der Waals surface area contributed by atoms with Crippen LogP contribution in [0.5, 0.6) is 11.6 Å². The largest absolute Gasteiger partial charge is 0.484 e. The Kier molecular flexibility index (Phi) is 4.28. The number of hydrogen-bond acceptors (Lipinski definition) is 6. The molecular weight excluding hydrogens is 318 g/mol. The fourth-order valence-electron chi connectivity index (χ4n) is 3.32. The Labute approximate surface area is 146 Å². The number of methoxy groups -OCH3 is 1. The van der Waals surface area contributed by atoms with Gasteiger partial charge in [-0.3, -0.25) is 4.79 Å². The van der Waals surface area contributed by atoms with Crippen LogP contribution < -0.4 is 19.7 Å². The number of benzene rings is 1.